The molecule has 3 aromatic heterocycles. The molecular formula is C22H23N5OS. The van der Waals surface area contributed by atoms with Gasteiger partial charge in [-0.25, -0.2) is 9.97 Å². The van der Waals surface area contributed by atoms with Gasteiger partial charge < -0.3 is 10.2 Å². The van der Waals surface area contributed by atoms with Gasteiger partial charge in [-0.1, -0.05) is 6.07 Å². The molecule has 2 bridgehead atoms. The number of carbonyl (C=O) groups excluding carboxylic acids is 1. The summed E-state index contributed by atoms with van der Waals surface area (Å²) >= 11 is 1.54. The van der Waals surface area contributed by atoms with Crippen LogP contribution in [-0.4, -0.2) is 44.4 Å². The fourth-order valence-electron chi connectivity index (χ4n) is 4.63. The molecule has 3 aromatic rings. The molecule has 5 rings (SSSR count). The van der Waals surface area contributed by atoms with Crippen molar-refractivity contribution in [2.24, 2.45) is 5.92 Å². The molecule has 0 radical (unpaired) electrons. The second-order valence-electron chi connectivity index (χ2n) is 8.02. The fraction of sp³-hybridized carbons (Fsp3) is 0.364. The zero-order chi connectivity index (χ0) is 20.0. The van der Waals surface area contributed by atoms with Gasteiger partial charge in [0.05, 0.1) is 6.04 Å². The van der Waals surface area contributed by atoms with E-state index in [-0.39, 0.29) is 18.0 Å². The van der Waals surface area contributed by atoms with Crippen molar-refractivity contribution in [2.75, 3.05) is 11.9 Å². The Morgan fingerprint density at radius 2 is 2.03 bits per heavy atom. The molecule has 0 spiro atoms. The van der Waals surface area contributed by atoms with Crippen molar-refractivity contribution >= 4 is 23.1 Å². The van der Waals surface area contributed by atoms with E-state index in [2.05, 4.69) is 26.3 Å². The van der Waals surface area contributed by atoms with E-state index in [0.717, 1.165) is 46.9 Å². The summed E-state index contributed by atoms with van der Waals surface area (Å²) in [5, 5.41) is 6.34. The molecule has 1 aliphatic heterocycles. The Hall–Kier alpha value is -2.80. The number of hydrogen-bond donors (Lipinski definition) is 1. The van der Waals surface area contributed by atoms with Gasteiger partial charge in [0.15, 0.2) is 0 Å². The highest BCUT2D eigenvalue weighted by atomic mass is 32.1. The number of anilines is 1. The summed E-state index contributed by atoms with van der Waals surface area (Å²) in [5.41, 5.74) is 3.54. The number of fused-ring (bicyclic) bond motifs is 2. The molecule has 7 heteroatoms. The highest BCUT2D eigenvalue weighted by molar-refractivity contribution is 7.13. The quantitative estimate of drug-likeness (QED) is 0.712. The van der Waals surface area contributed by atoms with Crippen LogP contribution in [0.15, 0.2) is 42.2 Å². The second-order valence-corrected chi connectivity index (χ2v) is 8.92. The first-order chi connectivity index (χ1) is 14.1. The lowest BCUT2D eigenvalue weighted by Gasteiger charge is -2.34. The smallest absolute Gasteiger partial charge is 0.273 e. The van der Waals surface area contributed by atoms with Crippen molar-refractivity contribution in [1.29, 1.82) is 0 Å². The van der Waals surface area contributed by atoms with Gasteiger partial charge in [0.25, 0.3) is 5.91 Å². The Labute approximate surface area is 174 Å². The normalized spacial score (nSPS) is 22.8. The van der Waals surface area contributed by atoms with Gasteiger partial charge in [-0.15, -0.1) is 11.3 Å². The SMILES string of the molecule is Cc1ccc(NC2CC3CC2N(C(=O)c2nccc(C)c2-c2nccs2)C3)nc1. The van der Waals surface area contributed by atoms with E-state index >= 15 is 0 Å². The van der Waals surface area contributed by atoms with Crippen molar-refractivity contribution in [3.05, 3.63) is 59.0 Å². The number of pyridine rings is 2. The molecule has 148 valence electrons. The standard InChI is InChI=1S/C22H23N5OS/c1-13-3-4-18(25-11-13)26-16-9-15-10-17(16)27(12-15)22(28)20-19(14(2)5-6-23-20)21-24-7-8-29-21/h3-8,11,15-17H,9-10,12H2,1-2H3,(H,25,26). The Bertz CT molecular complexity index is 1030. The molecule has 1 amide bonds. The number of piperidine rings is 1. The minimum Gasteiger partial charge on any atom is -0.365 e. The minimum absolute atomic E-state index is 0.00904. The first kappa shape index (κ1) is 18.2. The lowest BCUT2D eigenvalue weighted by molar-refractivity contribution is 0.0687. The Balaban J connectivity index is 1.41. The summed E-state index contributed by atoms with van der Waals surface area (Å²) in [5.74, 6) is 1.41. The summed E-state index contributed by atoms with van der Waals surface area (Å²) < 4.78 is 0. The Kier molecular flexibility index (Phi) is 4.54. The number of aryl methyl sites for hydroxylation is 2. The number of hydrogen-bond acceptors (Lipinski definition) is 6. The van der Waals surface area contributed by atoms with Gasteiger partial charge in [-0.3, -0.25) is 9.78 Å². The molecule has 1 saturated heterocycles. The van der Waals surface area contributed by atoms with Crippen LogP contribution in [0.25, 0.3) is 10.6 Å². The van der Waals surface area contributed by atoms with E-state index in [1.165, 1.54) is 0 Å². The van der Waals surface area contributed by atoms with Crippen molar-refractivity contribution in [3.8, 4) is 10.6 Å². The topological polar surface area (TPSA) is 71.0 Å². The molecule has 0 aromatic carbocycles. The van der Waals surface area contributed by atoms with Gasteiger partial charge >= 0.3 is 0 Å². The zero-order valence-corrected chi connectivity index (χ0v) is 17.3. The highest BCUT2D eigenvalue weighted by Crippen LogP contribution is 2.40. The number of nitrogens with one attached hydrogen (secondary N) is 1. The van der Waals surface area contributed by atoms with Crippen molar-refractivity contribution in [3.63, 3.8) is 0 Å². The van der Waals surface area contributed by atoms with Crippen LogP contribution >= 0.6 is 11.3 Å². The summed E-state index contributed by atoms with van der Waals surface area (Å²) in [6.45, 7) is 4.85. The molecule has 1 N–H and O–H groups in total. The number of thiazole rings is 1. The maximum atomic E-state index is 13.5. The molecule has 1 saturated carbocycles. The summed E-state index contributed by atoms with van der Waals surface area (Å²) in [6.07, 6.45) is 7.47. The summed E-state index contributed by atoms with van der Waals surface area (Å²) in [4.78, 5) is 29.0. The highest BCUT2D eigenvalue weighted by Gasteiger charge is 2.47. The third kappa shape index (κ3) is 3.29. The maximum absolute atomic E-state index is 13.5. The average Bonchev–Trinajstić information content (AvgIpc) is 3.46. The lowest BCUT2D eigenvalue weighted by atomic mass is 10.0. The maximum Gasteiger partial charge on any atom is 0.273 e. The van der Waals surface area contributed by atoms with E-state index in [9.17, 15) is 4.79 Å². The molecule has 3 unspecified atom stereocenters. The molecule has 2 aliphatic rings. The molecule has 3 atom stereocenters. The van der Waals surface area contributed by atoms with Crippen LogP contribution in [0.4, 0.5) is 5.82 Å². The Morgan fingerprint density at radius 3 is 2.76 bits per heavy atom. The van der Waals surface area contributed by atoms with Crippen molar-refractivity contribution < 1.29 is 4.79 Å². The van der Waals surface area contributed by atoms with E-state index in [1.54, 1.807) is 23.7 Å². The third-order valence-corrected chi connectivity index (χ3v) is 6.79. The molecule has 4 heterocycles. The van der Waals surface area contributed by atoms with Gasteiger partial charge in [0.2, 0.25) is 0 Å². The number of likely N-dealkylation sites (tertiary alicyclic amines) is 1. The first-order valence-corrected chi connectivity index (χ1v) is 10.8. The van der Waals surface area contributed by atoms with Gasteiger partial charge in [-0.05, 0) is 55.9 Å². The van der Waals surface area contributed by atoms with E-state index in [1.807, 2.05) is 42.5 Å². The first-order valence-electron chi connectivity index (χ1n) is 9.96. The van der Waals surface area contributed by atoms with Crippen molar-refractivity contribution in [2.45, 2.75) is 38.8 Å². The van der Waals surface area contributed by atoms with Crippen LogP contribution in [0.5, 0.6) is 0 Å². The molecule has 1 aliphatic carbocycles. The number of carbonyl (C=O) groups is 1. The molecule has 29 heavy (non-hydrogen) atoms. The van der Waals surface area contributed by atoms with E-state index in [0.29, 0.717) is 11.6 Å². The number of rotatable bonds is 4. The number of nitrogens with zero attached hydrogens (tertiary/aromatic N) is 4. The fourth-order valence-corrected chi connectivity index (χ4v) is 5.38. The zero-order valence-electron chi connectivity index (χ0n) is 16.5. The van der Waals surface area contributed by atoms with Crippen LogP contribution in [0.1, 0.15) is 34.5 Å². The van der Waals surface area contributed by atoms with Gasteiger partial charge in [0, 0.05) is 42.1 Å². The molecule has 2 fully saturated rings. The van der Waals surface area contributed by atoms with Gasteiger partial charge in [0.1, 0.15) is 16.5 Å². The van der Waals surface area contributed by atoms with Crippen LogP contribution in [0.2, 0.25) is 0 Å². The van der Waals surface area contributed by atoms with E-state index < -0.39 is 0 Å². The predicted molar refractivity (Wildman–Crippen MR) is 114 cm³/mol. The van der Waals surface area contributed by atoms with Crippen molar-refractivity contribution in [1.82, 2.24) is 19.9 Å². The largest absolute Gasteiger partial charge is 0.365 e. The predicted octanol–water partition coefficient (Wildman–Crippen LogP) is 3.93. The van der Waals surface area contributed by atoms with Crippen LogP contribution < -0.4 is 5.32 Å². The van der Waals surface area contributed by atoms with E-state index in [4.69, 9.17) is 0 Å². The Morgan fingerprint density at radius 1 is 1.14 bits per heavy atom. The van der Waals surface area contributed by atoms with Crippen LogP contribution in [0, 0.1) is 19.8 Å². The minimum atomic E-state index is 0.00904. The summed E-state index contributed by atoms with van der Waals surface area (Å²) in [6, 6.07) is 6.40. The third-order valence-electron chi connectivity index (χ3n) is 6.00. The van der Waals surface area contributed by atoms with Crippen LogP contribution in [-0.2, 0) is 0 Å². The molecular weight excluding hydrogens is 382 g/mol. The molecule has 6 nitrogen and oxygen atoms in total. The lowest BCUT2D eigenvalue weighted by Crippen LogP contribution is -2.48. The van der Waals surface area contributed by atoms with Gasteiger partial charge in [-0.2, -0.15) is 0 Å². The number of amides is 1. The van der Waals surface area contributed by atoms with Crippen LogP contribution in [0.3, 0.4) is 0 Å². The summed E-state index contributed by atoms with van der Waals surface area (Å²) in [7, 11) is 0. The average molecular weight is 406 g/mol. The number of aromatic nitrogens is 3. The second kappa shape index (κ2) is 7.22. The monoisotopic (exact) mass is 405 g/mol.